The number of imide groups is 1. The Morgan fingerprint density at radius 2 is 1.44 bits per heavy atom. The lowest BCUT2D eigenvalue weighted by Gasteiger charge is -2.40. The normalized spacial score (nSPS) is 15.8. The van der Waals surface area contributed by atoms with Crippen LogP contribution in [0.3, 0.4) is 0 Å². The number of aromatic nitrogens is 1. The van der Waals surface area contributed by atoms with Gasteiger partial charge in [0.15, 0.2) is 0 Å². The number of carboxylic acid groups (broad SMARTS) is 1. The third-order valence-electron chi connectivity index (χ3n) is 13.4. The quantitative estimate of drug-likeness (QED) is 0.0123. The van der Waals surface area contributed by atoms with E-state index < -0.39 is 80.8 Å². The van der Waals surface area contributed by atoms with E-state index in [-0.39, 0.29) is 109 Å². The molecule has 0 radical (unpaired) electrons. The first-order valence-electron chi connectivity index (χ1n) is 24.5. The fraction of sp³-hybridized carbons (Fsp3) is 0.222. The number of rotatable bonds is 14. The lowest BCUT2D eigenvalue weighted by molar-refractivity contribution is -0.617. The van der Waals surface area contributed by atoms with E-state index in [2.05, 4.69) is 0 Å². The van der Waals surface area contributed by atoms with Crippen molar-refractivity contribution in [1.29, 1.82) is 0 Å². The number of nitro groups is 1. The summed E-state index contributed by atoms with van der Waals surface area (Å²) in [6, 6.07) is 21.5. The van der Waals surface area contributed by atoms with E-state index in [0.717, 1.165) is 6.07 Å². The van der Waals surface area contributed by atoms with Crippen molar-refractivity contribution < 1.29 is 104 Å². The van der Waals surface area contributed by atoms with Crippen molar-refractivity contribution in [2.24, 2.45) is 7.05 Å². The number of hydroxylamine groups is 2. The van der Waals surface area contributed by atoms with Crippen LogP contribution in [-0.4, -0.2) is 107 Å². The maximum atomic E-state index is 16.0. The zero-order valence-electron chi connectivity index (χ0n) is 45.4. The average Bonchev–Trinajstić information content (AvgIpc) is 0.968. The number of aromatic carboxylic acids is 1. The van der Waals surface area contributed by atoms with Gasteiger partial charge in [-0.05, 0) is 79.4 Å². The van der Waals surface area contributed by atoms with Crippen LogP contribution in [0, 0.1) is 24.0 Å². The Balaban J connectivity index is 0.000000955. The first-order chi connectivity index (χ1) is 39.7. The van der Waals surface area contributed by atoms with Gasteiger partial charge in [0.05, 0.1) is 64.5 Å². The molecule has 1 atom stereocenters. The second-order valence-electron chi connectivity index (χ2n) is 18.7. The van der Waals surface area contributed by atoms with Crippen molar-refractivity contribution in [2.45, 2.75) is 50.3 Å². The SMILES string of the molecule is CCCOC1=CC(C(=O)ON2C(=O)CCC2=O)(c2ccc3c(c2-c2c(OC)ccc(S(=O)(=O)Cl)c2OC)c(C(=O)O)c2ccccc2[n+]3C)C=C2C1=C(C(=O)Oc1c(C)cc([N+](=O)[O-])cc1C)c1ccccc1N2C.O=S(=O)(O)F.O=S(=O)([O-])F. The van der Waals surface area contributed by atoms with Crippen molar-refractivity contribution in [3.63, 3.8) is 0 Å². The summed E-state index contributed by atoms with van der Waals surface area (Å²) in [5.41, 5.74) is -1.25. The van der Waals surface area contributed by atoms with E-state index in [1.165, 1.54) is 50.6 Å². The number of carbonyl (C=O) groups is 5. The monoisotopic (exact) mass is 1260 g/mol. The molecule has 1 aliphatic carbocycles. The number of hydrogen-bond acceptors (Lipinski definition) is 20. The van der Waals surface area contributed by atoms with Gasteiger partial charge in [-0.15, -0.1) is 8.95 Å². The molecule has 3 heterocycles. The molecule has 85 heavy (non-hydrogen) atoms. The van der Waals surface area contributed by atoms with E-state index in [9.17, 15) is 45.8 Å². The zero-order chi connectivity index (χ0) is 63.0. The molecule has 0 bridgehead atoms. The van der Waals surface area contributed by atoms with Crippen LogP contribution in [0.1, 0.15) is 58.8 Å². The lowest BCUT2D eigenvalue weighted by atomic mass is 9.70. The van der Waals surface area contributed by atoms with Crippen LogP contribution < -0.4 is 23.7 Å². The molecule has 1 fully saturated rings. The van der Waals surface area contributed by atoms with E-state index in [4.69, 9.17) is 60.4 Å². The molecule has 2 amide bonds. The van der Waals surface area contributed by atoms with E-state index in [0.29, 0.717) is 28.3 Å². The predicted octanol–water partition coefficient (Wildman–Crippen LogP) is 7.39. The fourth-order valence-corrected chi connectivity index (χ4v) is 11.1. The first-order valence-corrected chi connectivity index (χ1v) is 29.5. The molecule has 0 spiro atoms. The van der Waals surface area contributed by atoms with E-state index in [1.54, 1.807) is 92.0 Å². The van der Waals surface area contributed by atoms with Gasteiger partial charge in [0.1, 0.15) is 40.4 Å². The third kappa shape index (κ3) is 12.9. The van der Waals surface area contributed by atoms with E-state index >= 15 is 9.59 Å². The molecule has 3 aliphatic rings. The number of anilines is 1. The maximum absolute atomic E-state index is 16.0. The van der Waals surface area contributed by atoms with Crippen molar-refractivity contribution in [2.75, 3.05) is 32.8 Å². The molecule has 25 nitrogen and oxygen atoms in total. The molecule has 1 saturated heterocycles. The number of hydrogen-bond donors (Lipinski definition) is 2. The molecule has 6 aromatic rings. The van der Waals surface area contributed by atoms with Gasteiger partial charge in [0, 0.05) is 71.7 Å². The van der Waals surface area contributed by atoms with Gasteiger partial charge in [0.25, 0.3) is 37.1 Å². The zero-order valence-corrected chi connectivity index (χ0v) is 48.6. The number of esters is 1. The van der Waals surface area contributed by atoms with Crippen LogP contribution in [0.2, 0.25) is 0 Å². The molecule has 0 saturated carbocycles. The number of nitro benzene ring substituents is 1. The Morgan fingerprint density at radius 1 is 0.847 bits per heavy atom. The van der Waals surface area contributed by atoms with Crippen LogP contribution in [0.25, 0.3) is 38.5 Å². The molecule has 1 aromatic heterocycles. The highest BCUT2D eigenvalue weighted by Gasteiger charge is 2.51. The number of nitrogens with zero attached hydrogens (tertiary/aromatic N) is 4. The number of likely N-dealkylation sites (N-methyl/N-ethyl adjacent to an activating group) is 1. The predicted molar refractivity (Wildman–Crippen MR) is 296 cm³/mol. The van der Waals surface area contributed by atoms with Gasteiger partial charge in [0.2, 0.25) is 11.0 Å². The van der Waals surface area contributed by atoms with Gasteiger partial charge >= 0.3 is 28.4 Å². The number of amides is 2. The summed E-state index contributed by atoms with van der Waals surface area (Å²) in [5, 5.41) is 23.7. The minimum absolute atomic E-state index is 0.0298. The Labute approximate surface area is 487 Å². The molecule has 448 valence electrons. The standard InChI is InChI=1S/C54H45ClN4O15S.2FHO3S/c1-8-23-72-39-27-54(53(65)74-58-41(60)21-22-42(58)61,26-37-46(39)44(32-14-10-12-16-35(32)57(37)5)52(64)73-49-28(2)24-30(59(66)67)25-29(49)3)33-17-18-36-47(43(51(62)63)31-13-9-11-15-34(31)56(36)4)45(33)48-38(70-6)19-20-40(50(48)71-7)75(55,68)69;2*1-5(2,3)4/h9-20,24-27H,8,21-23H2,1-7H3;2*(H,2,3,4). The highest BCUT2D eigenvalue weighted by molar-refractivity contribution is 8.13. The molecule has 2 aliphatic heterocycles. The molecule has 1 unspecified atom stereocenters. The molecule has 5 aromatic carbocycles. The van der Waals surface area contributed by atoms with Gasteiger partial charge in [-0.1, -0.05) is 41.1 Å². The Hall–Kier alpha value is -8.94. The van der Waals surface area contributed by atoms with Crippen molar-refractivity contribution >= 4 is 109 Å². The number of para-hydroxylation sites is 2. The summed E-state index contributed by atoms with van der Waals surface area (Å²) in [7, 11) is -3.35. The van der Waals surface area contributed by atoms with Crippen molar-refractivity contribution in [3.05, 3.63) is 152 Å². The first kappa shape index (κ1) is 63.6. The minimum atomic E-state index is -5.42. The summed E-state index contributed by atoms with van der Waals surface area (Å²) >= 11 is 0. The van der Waals surface area contributed by atoms with Crippen molar-refractivity contribution in [1.82, 2.24) is 5.06 Å². The number of halogens is 3. The summed E-state index contributed by atoms with van der Waals surface area (Å²) in [6.45, 7) is 4.90. The summed E-state index contributed by atoms with van der Waals surface area (Å²) < 4.78 is 123. The topological polar surface area (TPSA) is 351 Å². The number of methoxy groups -OCH3 is 2. The number of fused-ring (bicyclic) bond motifs is 4. The largest absolute Gasteiger partial charge is 0.722 e. The Morgan fingerprint density at radius 3 is 1.99 bits per heavy atom. The molecule has 2 N–H and O–H groups in total. The van der Waals surface area contributed by atoms with Crippen LogP contribution >= 0.6 is 10.7 Å². The van der Waals surface area contributed by atoms with Crippen LogP contribution in [0.15, 0.2) is 119 Å². The minimum Gasteiger partial charge on any atom is -0.722 e. The molecular formula is C54H47ClF2N4O21S3. The summed E-state index contributed by atoms with van der Waals surface area (Å²) in [6.07, 6.45) is 2.54. The number of carbonyl (C=O) groups excluding carboxylic acids is 4. The number of non-ortho nitro benzene ring substituents is 1. The summed E-state index contributed by atoms with van der Waals surface area (Å²) in [4.78, 5) is 90.1. The molecule has 9 rings (SSSR count). The van der Waals surface area contributed by atoms with Gasteiger partial charge in [-0.3, -0.25) is 24.3 Å². The highest BCUT2D eigenvalue weighted by Crippen LogP contribution is 2.55. The van der Waals surface area contributed by atoms with Crippen LogP contribution in [-0.2, 0) is 71.3 Å². The third-order valence-corrected chi connectivity index (χ3v) is 14.8. The Kier molecular flexibility index (Phi) is 18.2. The Bertz CT molecular complexity index is 4240. The van der Waals surface area contributed by atoms with Gasteiger partial charge in [-0.2, -0.15) is 13.0 Å². The smallest absolute Gasteiger partial charge is 0.435 e. The van der Waals surface area contributed by atoms with Crippen LogP contribution in [0.4, 0.5) is 19.1 Å². The number of aryl methyl sites for hydroxylation is 3. The number of pyridine rings is 1. The van der Waals surface area contributed by atoms with Crippen LogP contribution in [0.5, 0.6) is 17.2 Å². The number of ether oxygens (including phenoxy) is 4. The van der Waals surface area contributed by atoms with Crippen molar-refractivity contribution in [3.8, 4) is 28.4 Å². The number of carboxylic acids is 1. The molecule has 31 heteroatoms. The highest BCUT2D eigenvalue weighted by atomic mass is 35.7. The number of benzene rings is 5. The van der Waals surface area contributed by atoms with E-state index in [1.807, 2.05) is 6.92 Å². The van der Waals surface area contributed by atoms with Gasteiger partial charge < -0.3 is 38.3 Å². The fourth-order valence-electron chi connectivity index (χ4n) is 10.1. The molecular weight excluding hydrogens is 1210 g/mol. The average molecular weight is 1260 g/mol. The lowest BCUT2D eigenvalue weighted by Crippen LogP contribution is -2.44. The maximum Gasteiger partial charge on any atom is 0.435 e. The second-order valence-corrected chi connectivity index (χ2v) is 22.8. The second kappa shape index (κ2) is 24.3. The van der Waals surface area contributed by atoms with Gasteiger partial charge in [-0.25, -0.2) is 31.2 Å². The summed E-state index contributed by atoms with van der Waals surface area (Å²) in [5.74, 6) is -5.89.